The molecule has 1 saturated carbocycles. The number of alkyl halides is 1. The lowest BCUT2D eigenvalue weighted by atomic mass is 9.68. The highest BCUT2D eigenvalue weighted by atomic mass is 19.1. The van der Waals surface area contributed by atoms with E-state index in [-0.39, 0.29) is 23.4 Å². The van der Waals surface area contributed by atoms with Gasteiger partial charge in [0.15, 0.2) is 0 Å². The van der Waals surface area contributed by atoms with Gasteiger partial charge in [-0.15, -0.1) is 20.4 Å². The van der Waals surface area contributed by atoms with Crippen LogP contribution in [0.1, 0.15) is 52.4 Å². The van der Waals surface area contributed by atoms with Crippen LogP contribution in [0, 0.1) is 0 Å². The van der Waals surface area contributed by atoms with Gasteiger partial charge in [-0.3, -0.25) is 0 Å². The molecule has 184 valence electrons. The van der Waals surface area contributed by atoms with Gasteiger partial charge in [-0.25, -0.2) is 9.37 Å². The Kier molecular flexibility index (Phi) is 5.03. The van der Waals surface area contributed by atoms with E-state index in [0.29, 0.717) is 35.0 Å². The van der Waals surface area contributed by atoms with E-state index in [2.05, 4.69) is 47.7 Å². The van der Waals surface area contributed by atoms with E-state index in [4.69, 9.17) is 0 Å². The molecular formula is C24H30FN9O. The molecule has 35 heavy (non-hydrogen) atoms. The first-order valence-electron chi connectivity index (χ1n) is 12.2. The summed E-state index contributed by atoms with van der Waals surface area (Å²) in [5, 5.41) is 35.0. The molecule has 0 unspecified atom stereocenters. The Morgan fingerprint density at radius 1 is 1.17 bits per heavy atom. The maximum atomic E-state index is 15.9. The summed E-state index contributed by atoms with van der Waals surface area (Å²) in [6.07, 6.45) is 6.22. The number of halogens is 1. The fourth-order valence-electron chi connectivity index (χ4n) is 5.98. The third-order valence-electron chi connectivity index (χ3n) is 7.74. The number of aromatic nitrogens is 7. The lowest BCUT2D eigenvalue weighted by molar-refractivity contribution is 0.0000875. The summed E-state index contributed by atoms with van der Waals surface area (Å²) in [6, 6.07) is 5.05. The van der Waals surface area contributed by atoms with Crippen molar-refractivity contribution >= 4 is 5.95 Å². The molecule has 2 saturated heterocycles. The van der Waals surface area contributed by atoms with Crippen molar-refractivity contribution in [1.82, 2.24) is 40.7 Å². The minimum atomic E-state index is -1.02. The van der Waals surface area contributed by atoms with Gasteiger partial charge in [-0.1, -0.05) is 6.07 Å². The summed E-state index contributed by atoms with van der Waals surface area (Å²) >= 11 is 0. The van der Waals surface area contributed by atoms with Crippen LogP contribution in [-0.2, 0) is 7.05 Å². The quantitative estimate of drug-likeness (QED) is 0.569. The molecule has 1 aliphatic carbocycles. The van der Waals surface area contributed by atoms with Gasteiger partial charge in [0.05, 0.1) is 19.3 Å². The number of aromatic hydroxyl groups is 1. The molecule has 2 N–H and O–H groups in total. The number of hydrogen-bond acceptors (Lipinski definition) is 9. The largest absolute Gasteiger partial charge is 0.507 e. The number of piperidine rings is 2. The standard InChI is InChI=1S/C24H30FN9O/c1-23-9-4-10-24(2,31-23)20(25)18(12-23)34(15-6-7-15)22-26-13-17(27-29-22)16-8-5-14(11-19(16)35)21-28-32-33(3)30-21/h5,8,11,13,15,18,20,31,35H,4,6-7,9-10,12H2,1-3H3/t18-,20-,23-,24+/m1/s1. The summed E-state index contributed by atoms with van der Waals surface area (Å²) in [5.41, 5.74) is 0.957. The smallest absolute Gasteiger partial charge is 0.245 e. The number of phenols is 1. The zero-order valence-electron chi connectivity index (χ0n) is 20.2. The molecule has 11 heteroatoms. The minimum Gasteiger partial charge on any atom is -0.507 e. The second-order valence-corrected chi connectivity index (χ2v) is 10.7. The van der Waals surface area contributed by atoms with Crippen LogP contribution in [0.3, 0.4) is 0 Å². The Morgan fingerprint density at radius 2 is 2.00 bits per heavy atom. The first kappa shape index (κ1) is 22.3. The first-order valence-corrected chi connectivity index (χ1v) is 12.2. The third kappa shape index (κ3) is 3.91. The zero-order valence-corrected chi connectivity index (χ0v) is 20.2. The van der Waals surface area contributed by atoms with E-state index >= 15 is 4.39 Å². The summed E-state index contributed by atoms with van der Waals surface area (Å²) in [7, 11) is 1.68. The number of hydrogen-bond donors (Lipinski definition) is 2. The average molecular weight is 480 g/mol. The maximum absolute atomic E-state index is 15.9. The van der Waals surface area contributed by atoms with Crippen molar-refractivity contribution in [3.8, 4) is 28.4 Å². The Labute approximate surface area is 203 Å². The Balaban J connectivity index is 1.28. The topological polar surface area (TPSA) is 118 Å². The predicted octanol–water partition coefficient (Wildman–Crippen LogP) is 2.80. The molecule has 10 nitrogen and oxygen atoms in total. The summed E-state index contributed by atoms with van der Waals surface area (Å²) in [5.74, 6) is 0.897. The highest BCUT2D eigenvalue weighted by Crippen LogP contribution is 2.46. The molecule has 2 bridgehead atoms. The zero-order chi connectivity index (χ0) is 24.4. The second kappa shape index (κ2) is 7.91. The number of anilines is 1. The van der Waals surface area contributed by atoms with E-state index in [1.54, 1.807) is 31.4 Å². The number of nitrogens with zero attached hydrogens (tertiary/aromatic N) is 8. The molecule has 4 heterocycles. The molecule has 2 aliphatic heterocycles. The lowest BCUT2D eigenvalue weighted by Crippen LogP contribution is -2.73. The molecule has 0 amide bonds. The first-order chi connectivity index (χ1) is 16.7. The molecule has 0 spiro atoms. The molecule has 3 aromatic rings. The van der Waals surface area contributed by atoms with Crippen LogP contribution in [0.4, 0.5) is 10.3 Å². The van der Waals surface area contributed by atoms with Crippen molar-refractivity contribution in [2.45, 2.75) is 81.7 Å². The van der Waals surface area contributed by atoms with E-state index in [1.807, 2.05) is 6.92 Å². The van der Waals surface area contributed by atoms with Crippen molar-refractivity contribution in [2.75, 3.05) is 4.90 Å². The Morgan fingerprint density at radius 3 is 2.66 bits per heavy atom. The van der Waals surface area contributed by atoms with Gasteiger partial charge < -0.3 is 15.3 Å². The SMILES string of the molecule is Cn1nnc(-c2ccc(-c3cnc(N(C4CC4)[C@@H]4C[C@@]5(C)CCC[C@](C)(N5)[C@@H]4F)nn3)c(O)c2)n1. The van der Waals surface area contributed by atoms with Crippen LogP contribution in [0.15, 0.2) is 24.4 Å². The highest BCUT2D eigenvalue weighted by molar-refractivity contribution is 5.71. The summed E-state index contributed by atoms with van der Waals surface area (Å²) in [6.45, 7) is 4.22. The van der Waals surface area contributed by atoms with Crippen LogP contribution < -0.4 is 10.2 Å². The summed E-state index contributed by atoms with van der Waals surface area (Å²) in [4.78, 5) is 8.04. The lowest BCUT2D eigenvalue weighted by Gasteiger charge is -2.57. The number of aryl methyl sites for hydroxylation is 1. The van der Waals surface area contributed by atoms with Crippen LogP contribution >= 0.6 is 0 Å². The number of rotatable bonds is 5. The number of fused-ring (bicyclic) bond motifs is 2. The van der Waals surface area contributed by atoms with Gasteiger partial charge in [-0.2, -0.15) is 4.80 Å². The van der Waals surface area contributed by atoms with Gasteiger partial charge in [0.25, 0.3) is 0 Å². The minimum absolute atomic E-state index is 0.0219. The fourth-order valence-corrected chi connectivity index (χ4v) is 5.98. The van der Waals surface area contributed by atoms with Crippen molar-refractivity contribution in [3.63, 3.8) is 0 Å². The number of benzene rings is 1. The molecule has 6 rings (SSSR count). The molecule has 2 aromatic heterocycles. The monoisotopic (exact) mass is 479 g/mol. The molecule has 0 radical (unpaired) electrons. The van der Waals surface area contributed by atoms with Crippen molar-refractivity contribution in [1.29, 1.82) is 0 Å². The fraction of sp³-hybridized carbons (Fsp3) is 0.583. The van der Waals surface area contributed by atoms with Gasteiger partial charge >= 0.3 is 0 Å². The van der Waals surface area contributed by atoms with Crippen LogP contribution in [0.5, 0.6) is 5.75 Å². The molecule has 3 fully saturated rings. The molecule has 4 atom stereocenters. The van der Waals surface area contributed by atoms with Gasteiger partial charge in [0, 0.05) is 28.2 Å². The maximum Gasteiger partial charge on any atom is 0.245 e. The van der Waals surface area contributed by atoms with E-state index in [9.17, 15) is 5.11 Å². The van der Waals surface area contributed by atoms with Crippen LogP contribution in [0.25, 0.3) is 22.6 Å². The van der Waals surface area contributed by atoms with E-state index < -0.39 is 11.7 Å². The average Bonchev–Trinajstić information content (AvgIpc) is 3.56. The molecule has 1 aromatic carbocycles. The van der Waals surface area contributed by atoms with Crippen LogP contribution in [0.2, 0.25) is 0 Å². The molecule has 3 aliphatic rings. The van der Waals surface area contributed by atoms with Crippen molar-refractivity contribution in [2.24, 2.45) is 7.05 Å². The van der Waals surface area contributed by atoms with Gasteiger partial charge in [0.2, 0.25) is 11.8 Å². The van der Waals surface area contributed by atoms with Crippen molar-refractivity contribution < 1.29 is 9.50 Å². The number of nitrogens with one attached hydrogen (secondary N) is 1. The Hall–Kier alpha value is -3.21. The Bertz CT molecular complexity index is 1250. The third-order valence-corrected chi connectivity index (χ3v) is 7.74. The van der Waals surface area contributed by atoms with Crippen LogP contribution in [-0.4, -0.2) is 69.8 Å². The van der Waals surface area contributed by atoms with Gasteiger partial charge in [-0.05, 0) is 69.7 Å². The summed E-state index contributed by atoms with van der Waals surface area (Å²) < 4.78 is 15.9. The number of tetrazole rings is 1. The molecular weight excluding hydrogens is 449 g/mol. The van der Waals surface area contributed by atoms with Gasteiger partial charge in [0.1, 0.15) is 17.6 Å². The second-order valence-electron chi connectivity index (χ2n) is 10.7. The highest BCUT2D eigenvalue weighted by Gasteiger charge is 2.56. The van der Waals surface area contributed by atoms with Crippen molar-refractivity contribution in [3.05, 3.63) is 24.4 Å². The predicted molar refractivity (Wildman–Crippen MR) is 127 cm³/mol. The van der Waals surface area contributed by atoms with E-state index in [1.165, 1.54) is 4.80 Å². The van der Waals surface area contributed by atoms with E-state index in [0.717, 1.165) is 32.1 Å². The normalized spacial score (nSPS) is 30.3. The number of phenolic OH excluding ortho intramolecular Hbond substituents is 1.